The van der Waals surface area contributed by atoms with Crippen LogP contribution in [0.3, 0.4) is 0 Å². The Kier molecular flexibility index (Phi) is 4.73. The molecule has 1 unspecified atom stereocenters. The summed E-state index contributed by atoms with van der Waals surface area (Å²) in [5, 5.41) is 0. The lowest BCUT2D eigenvalue weighted by atomic mass is 9.94. The molecule has 0 saturated carbocycles. The molecule has 0 bridgehead atoms. The van der Waals surface area contributed by atoms with Crippen LogP contribution < -0.4 is 10.6 Å². The molecule has 26 heavy (non-hydrogen) atoms. The van der Waals surface area contributed by atoms with Gasteiger partial charge in [-0.05, 0) is 56.0 Å². The molecule has 0 radical (unpaired) electrons. The predicted octanol–water partition coefficient (Wildman–Crippen LogP) is 2.39. The number of nitrogens with zero attached hydrogens (tertiary/aromatic N) is 3. The fourth-order valence-electron chi connectivity index (χ4n) is 4.01. The van der Waals surface area contributed by atoms with Crippen LogP contribution in [0.5, 0.6) is 0 Å². The number of aromatic amines is 1. The maximum Gasteiger partial charge on any atom is 0.345 e. The number of hydrogen-bond acceptors (Lipinski definition) is 4. The molecule has 6 nitrogen and oxygen atoms in total. The largest absolute Gasteiger partial charge is 0.372 e. The van der Waals surface area contributed by atoms with Crippen molar-refractivity contribution in [1.29, 1.82) is 0 Å². The molecule has 0 aliphatic carbocycles. The van der Waals surface area contributed by atoms with Gasteiger partial charge in [-0.2, -0.15) is 0 Å². The molecular weight excluding hydrogens is 328 g/mol. The lowest BCUT2D eigenvalue weighted by molar-refractivity contribution is 0.0706. The maximum atomic E-state index is 12.9. The SMILES string of the molecule is O=C(c1ccc(N2CCCC2)cc1)N1CCCC(c2ccnc(=O)[nH]2)C1. The first-order valence-electron chi connectivity index (χ1n) is 9.40. The Labute approximate surface area is 152 Å². The smallest absolute Gasteiger partial charge is 0.345 e. The van der Waals surface area contributed by atoms with Gasteiger partial charge in [-0.25, -0.2) is 9.78 Å². The third kappa shape index (κ3) is 3.49. The van der Waals surface area contributed by atoms with Crippen molar-refractivity contribution in [2.24, 2.45) is 0 Å². The number of carbonyl (C=O) groups excluding carboxylic acids is 1. The van der Waals surface area contributed by atoms with E-state index in [1.165, 1.54) is 24.7 Å². The third-order valence-corrected chi connectivity index (χ3v) is 5.43. The molecule has 0 spiro atoms. The number of nitrogens with one attached hydrogen (secondary N) is 1. The van der Waals surface area contributed by atoms with Crippen molar-refractivity contribution < 1.29 is 4.79 Å². The van der Waals surface area contributed by atoms with Gasteiger partial charge in [-0.3, -0.25) is 4.79 Å². The number of carbonyl (C=O) groups is 1. The Morgan fingerprint density at radius 2 is 1.81 bits per heavy atom. The van der Waals surface area contributed by atoms with Crippen LogP contribution in [-0.2, 0) is 0 Å². The number of rotatable bonds is 3. The summed E-state index contributed by atoms with van der Waals surface area (Å²) in [6, 6.07) is 9.83. The monoisotopic (exact) mass is 352 g/mol. The van der Waals surface area contributed by atoms with Gasteiger partial charge < -0.3 is 14.8 Å². The van der Waals surface area contributed by atoms with Crippen molar-refractivity contribution in [2.45, 2.75) is 31.6 Å². The van der Waals surface area contributed by atoms with Crippen LogP contribution in [0.4, 0.5) is 5.69 Å². The number of hydrogen-bond donors (Lipinski definition) is 1. The molecule has 1 N–H and O–H groups in total. The molecule has 1 amide bonds. The van der Waals surface area contributed by atoms with Crippen LogP contribution in [0.2, 0.25) is 0 Å². The molecule has 2 saturated heterocycles. The molecule has 2 aliphatic heterocycles. The van der Waals surface area contributed by atoms with E-state index in [0.29, 0.717) is 6.54 Å². The van der Waals surface area contributed by atoms with E-state index in [9.17, 15) is 9.59 Å². The first kappa shape index (κ1) is 16.8. The fourth-order valence-corrected chi connectivity index (χ4v) is 4.01. The van der Waals surface area contributed by atoms with Gasteiger partial charge >= 0.3 is 5.69 Å². The van der Waals surface area contributed by atoms with Gasteiger partial charge in [0.2, 0.25) is 0 Å². The highest BCUT2D eigenvalue weighted by molar-refractivity contribution is 5.94. The normalized spacial score (nSPS) is 20.4. The highest BCUT2D eigenvalue weighted by Crippen LogP contribution is 2.26. The van der Waals surface area contributed by atoms with Crippen LogP contribution in [0, 0.1) is 0 Å². The van der Waals surface area contributed by atoms with Gasteiger partial charge in [0.15, 0.2) is 0 Å². The lowest BCUT2D eigenvalue weighted by Crippen LogP contribution is -2.39. The van der Waals surface area contributed by atoms with E-state index in [0.717, 1.165) is 43.7 Å². The van der Waals surface area contributed by atoms with Crippen molar-refractivity contribution >= 4 is 11.6 Å². The average Bonchev–Trinajstić information content (AvgIpc) is 3.22. The fraction of sp³-hybridized carbons (Fsp3) is 0.450. The zero-order chi connectivity index (χ0) is 17.9. The van der Waals surface area contributed by atoms with Crippen molar-refractivity contribution in [3.63, 3.8) is 0 Å². The number of likely N-dealkylation sites (tertiary alicyclic amines) is 1. The number of amides is 1. The van der Waals surface area contributed by atoms with Gasteiger partial charge in [-0.15, -0.1) is 0 Å². The summed E-state index contributed by atoms with van der Waals surface area (Å²) >= 11 is 0. The minimum Gasteiger partial charge on any atom is -0.372 e. The molecular formula is C20H24N4O2. The van der Waals surface area contributed by atoms with Crippen molar-refractivity contribution in [3.8, 4) is 0 Å². The second-order valence-corrected chi connectivity index (χ2v) is 7.16. The summed E-state index contributed by atoms with van der Waals surface area (Å²) < 4.78 is 0. The van der Waals surface area contributed by atoms with Crippen molar-refractivity contribution in [3.05, 3.63) is 58.3 Å². The molecule has 2 aliphatic rings. The van der Waals surface area contributed by atoms with E-state index in [-0.39, 0.29) is 17.5 Å². The summed E-state index contributed by atoms with van der Waals surface area (Å²) in [4.78, 5) is 35.1. The van der Waals surface area contributed by atoms with E-state index in [4.69, 9.17) is 0 Å². The summed E-state index contributed by atoms with van der Waals surface area (Å²) in [6.07, 6.45) is 5.93. The van der Waals surface area contributed by atoms with Gasteiger partial charge in [0.25, 0.3) is 5.91 Å². The Morgan fingerprint density at radius 1 is 1.04 bits per heavy atom. The molecule has 4 rings (SSSR count). The first-order valence-corrected chi connectivity index (χ1v) is 9.40. The molecule has 136 valence electrons. The van der Waals surface area contributed by atoms with Crippen LogP contribution in [0.15, 0.2) is 41.3 Å². The van der Waals surface area contributed by atoms with Gasteiger partial charge in [0.05, 0.1) is 0 Å². The molecule has 1 atom stereocenters. The summed E-state index contributed by atoms with van der Waals surface area (Å²) in [7, 11) is 0. The first-order chi connectivity index (χ1) is 12.7. The van der Waals surface area contributed by atoms with Crippen LogP contribution in [0.25, 0.3) is 0 Å². The molecule has 1 aromatic carbocycles. The van der Waals surface area contributed by atoms with E-state index >= 15 is 0 Å². The maximum absolute atomic E-state index is 12.9. The zero-order valence-electron chi connectivity index (χ0n) is 14.9. The van der Waals surface area contributed by atoms with Gasteiger partial charge in [-0.1, -0.05) is 0 Å². The Hall–Kier alpha value is -2.63. The highest BCUT2D eigenvalue weighted by atomic mass is 16.2. The zero-order valence-corrected chi connectivity index (χ0v) is 14.9. The van der Waals surface area contributed by atoms with E-state index in [1.807, 2.05) is 23.1 Å². The molecule has 3 heterocycles. The number of aromatic nitrogens is 2. The van der Waals surface area contributed by atoms with Crippen LogP contribution in [-0.4, -0.2) is 47.0 Å². The summed E-state index contributed by atoms with van der Waals surface area (Å²) in [5.74, 6) is 0.228. The molecule has 2 fully saturated rings. The standard InChI is InChI=1S/C20H24N4O2/c25-19(15-5-7-17(8-6-15)23-11-1-2-12-23)24-13-3-4-16(14-24)18-9-10-21-20(26)22-18/h5-10,16H,1-4,11-14H2,(H,21,22,26). The number of anilines is 1. The van der Waals surface area contributed by atoms with Crippen molar-refractivity contribution in [1.82, 2.24) is 14.9 Å². The number of piperidine rings is 1. The number of H-pyrrole nitrogens is 1. The summed E-state index contributed by atoms with van der Waals surface area (Å²) in [5.41, 5.74) is 2.47. The van der Waals surface area contributed by atoms with E-state index in [1.54, 1.807) is 0 Å². The molecule has 2 aromatic rings. The Bertz CT molecular complexity index is 824. The third-order valence-electron chi connectivity index (χ3n) is 5.43. The predicted molar refractivity (Wildman–Crippen MR) is 101 cm³/mol. The quantitative estimate of drug-likeness (QED) is 0.921. The highest BCUT2D eigenvalue weighted by Gasteiger charge is 2.26. The Balaban J connectivity index is 1.46. The molecule has 1 aromatic heterocycles. The van der Waals surface area contributed by atoms with Crippen molar-refractivity contribution in [2.75, 3.05) is 31.1 Å². The minimum atomic E-state index is -0.330. The van der Waals surface area contributed by atoms with E-state index in [2.05, 4.69) is 27.0 Å². The van der Waals surface area contributed by atoms with E-state index < -0.39 is 0 Å². The second-order valence-electron chi connectivity index (χ2n) is 7.16. The topological polar surface area (TPSA) is 69.3 Å². The second kappa shape index (κ2) is 7.32. The summed E-state index contributed by atoms with van der Waals surface area (Å²) in [6.45, 7) is 3.60. The Morgan fingerprint density at radius 3 is 2.54 bits per heavy atom. The number of benzene rings is 1. The minimum absolute atomic E-state index is 0.0686. The lowest BCUT2D eigenvalue weighted by Gasteiger charge is -2.32. The van der Waals surface area contributed by atoms with Gasteiger partial charge in [0.1, 0.15) is 0 Å². The van der Waals surface area contributed by atoms with Crippen LogP contribution in [0.1, 0.15) is 47.7 Å². The van der Waals surface area contributed by atoms with Crippen LogP contribution >= 0.6 is 0 Å². The average molecular weight is 352 g/mol. The van der Waals surface area contributed by atoms with Gasteiger partial charge in [0, 0.05) is 55.2 Å². The molecule has 6 heteroatoms.